The summed E-state index contributed by atoms with van der Waals surface area (Å²) in [6.45, 7) is 5.37. The zero-order valence-electron chi connectivity index (χ0n) is 9.83. The second-order valence-corrected chi connectivity index (χ2v) is 5.02. The molecule has 2 saturated heterocycles. The Bertz CT molecular complexity index is 226. The zero-order chi connectivity index (χ0) is 10.8. The van der Waals surface area contributed by atoms with Crippen molar-refractivity contribution >= 4 is 5.91 Å². The normalized spacial score (nSPS) is 36.9. The highest BCUT2D eigenvalue weighted by molar-refractivity contribution is 5.82. The number of carbonyl (C=O) groups excluding carboxylic acids is 1. The number of likely N-dealkylation sites (tertiary alicyclic amines) is 1. The van der Waals surface area contributed by atoms with Crippen LogP contribution in [-0.2, 0) is 4.79 Å². The summed E-state index contributed by atoms with van der Waals surface area (Å²) in [4.78, 5) is 14.4. The number of piperidine rings is 1. The first kappa shape index (κ1) is 10.9. The summed E-state index contributed by atoms with van der Waals surface area (Å²) < 4.78 is 0. The molecule has 0 aliphatic carbocycles. The van der Waals surface area contributed by atoms with E-state index in [-0.39, 0.29) is 6.04 Å². The van der Waals surface area contributed by atoms with E-state index in [9.17, 15) is 4.79 Å². The van der Waals surface area contributed by atoms with Crippen molar-refractivity contribution in [2.24, 2.45) is 0 Å². The molecule has 2 aliphatic rings. The molecule has 3 heteroatoms. The molecular weight excluding hydrogens is 188 g/mol. The van der Waals surface area contributed by atoms with Gasteiger partial charge in [0.05, 0.1) is 6.04 Å². The molecule has 0 radical (unpaired) electrons. The summed E-state index contributed by atoms with van der Waals surface area (Å²) in [6, 6.07) is 0.972. The van der Waals surface area contributed by atoms with Crippen LogP contribution in [0.3, 0.4) is 0 Å². The van der Waals surface area contributed by atoms with Gasteiger partial charge in [-0.05, 0) is 52.5 Å². The maximum atomic E-state index is 12.3. The summed E-state index contributed by atoms with van der Waals surface area (Å²) in [5, 5.41) is 3.30. The lowest BCUT2D eigenvalue weighted by molar-refractivity contribution is -0.139. The lowest BCUT2D eigenvalue weighted by Gasteiger charge is -2.40. The van der Waals surface area contributed by atoms with Gasteiger partial charge in [-0.2, -0.15) is 0 Å². The highest BCUT2D eigenvalue weighted by atomic mass is 16.2. The topological polar surface area (TPSA) is 32.3 Å². The van der Waals surface area contributed by atoms with E-state index in [0.29, 0.717) is 18.0 Å². The van der Waals surface area contributed by atoms with Crippen LogP contribution in [0.15, 0.2) is 0 Å². The van der Waals surface area contributed by atoms with Crippen molar-refractivity contribution in [2.75, 3.05) is 6.54 Å². The van der Waals surface area contributed by atoms with E-state index in [1.54, 1.807) is 0 Å². The van der Waals surface area contributed by atoms with Crippen LogP contribution in [0.4, 0.5) is 0 Å². The summed E-state index contributed by atoms with van der Waals surface area (Å²) in [7, 11) is 0. The molecule has 2 heterocycles. The van der Waals surface area contributed by atoms with Crippen LogP contribution in [-0.4, -0.2) is 35.5 Å². The molecule has 2 rings (SSSR count). The molecule has 2 unspecified atom stereocenters. The molecule has 0 spiro atoms. The number of rotatable bonds is 1. The first-order valence-corrected chi connectivity index (χ1v) is 6.25. The third-order valence-corrected chi connectivity index (χ3v) is 3.81. The first-order valence-electron chi connectivity index (χ1n) is 6.25. The van der Waals surface area contributed by atoms with Gasteiger partial charge in [-0.1, -0.05) is 0 Å². The Kier molecular flexibility index (Phi) is 3.29. The third kappa shape index (κ3) is 2.17. The van der Waals surface area contributed by atoms with E-state index in [4.69, 9.17) is 0 Å². The van der Waals surface area contributed by atoms with Gasteiger partial charge in [0.25, 0.3) is 0 Å². The van der Waals surface area contributed by atoms with Crippen molar-refractivity contribution in [2.45, 2.75) is 64.1 Å². The molecule has 86 valence electrons. The minimum atomic E-state index is 0.105. The molecule has 0 aromatic rings. The van der Waals surface area contributed by atoms with Crippen molar-refractivity contribution in [3.05, 3.63) is 0 Å². The Labute approximate surface area is 92.2 Å². The van der Waals surface area contributed by atoms with Gasteiger partial charge < -0.3 is 10.2 Å². The molecule has 0 saturated carbocycles. The lowest BCUT2D eigenvalue weighted by Crippen LogP contribution is -2.53. The van der Waals surface area contributed by atoms with E-state index < -0.39 is 0 Å². The fraction of sp³-hybridized carbons (Fsp3) is 0.917. The summed E-state index contributed by atoms with van der Waals surface area (Å²) in [6.07, 6.45) is 5.78. The smallest absolute Gasteiger partial charge is 0.240 e. The largest absolute Gasteiger partial charge is 0.336 e. The molecule has 0 aromatic carbocycles. The van der Waals surface area contributed by atoms with E-state index in [1.165, 1.54) is 19.3 Å². The average Bonchev–Trinajstić information content (AvgIpc) is 2.69. The number of amides is 1. The fourth-order valence-corrected chi connectivity index (χ4v) is 2.93. The van der Waals surface area contributed by atoms with Crippen molar-refractivity contribution < 1.29 is 4.79 Å². The van der Waals surface area contributed by atoms with E-state index in [1.807, 2.05) is 0 Å². The van der Waals surface area contributed by atoms with Crippen molar-refractivity contribution in [3.8, 4) is 0 Å². The van der Waals surface area contributed by atoms with Gasteiger partial charge in [-0.3, -0.25) is 4.79 Å². The van der Waals surface area contributed by atoms with Gasteiger partial charge in [-0.25, -0.2) is 0 Å². The summed E-state index contributed by atoms with van der Waals surface area (Å²) in [5.41, 5.74) is 0. The molecule has 3 nitrogen and oxygen atoms in total. The monoisotopic (exact) mass is 210 g/mol. The Balaban J connectivity index is 2.02. The van der Waals surface area contributed by atoms with Crippen molar-refractivity contribution in [1.82, 2.24) is 10.2 Å². The fourth-order valence-electron chi connectivity index (χ4n) is 2.93. The number of hydrogen-bond acceptors (Lipinski definition) is 2. The molecule has 15 heavy (non-hydrogen) atoms. The Morgan fingerprint density at radius 1 is 1.13 bits per heavy atom. The molecule has 2 aliphatic heterocycles. The second-order valence-electron chi connectivity index (χ2n) is 5.02. The highest BCUT2D eigenvalue weighted by Crippen LogP contribution is 2.24. The number of hydrogen-bond donors (Lipinski definition) is 1. The van der Waals surface area contributed by atoms with E-state index in [0.717, 1.165) is 19.4 Å². The predicted octanol–water partition coefficient (Wildman–Crippen LogP) is 1.53. The van der Waals surface area contributed by atoms with E-state index >= 15 is 0 Å². The minimum absolute atomic E-state index is 0.105. The molecule has 1 N–H and O–H groups in total. The zero-order valence-corrected chi connectivity index (χ0v) is 9.83. The van der Waals surface area contributed by atoms with Crippen LogP contribution >= 0.6 is 0 Å². The molecule has 0 bridgehead atoms. The maximum Gasteiger partial charge on any atom is 0.240 e. The Hall–Kier alpha value is -0.570. The Morgan fingerprint density at radius 3 is 2.33 bits per heavy atom. The first-order chi connectivity index (χ1) is 7.20. The number of carbonyl (C=O) groups is 1. The Morgan fingerprint density at radius 2 is 1.80 bits per heavy atom. The van der Waals surface area contributed by atoms with Crippen molar-refractivity contribution in [3.63, 3.8) is 0 Å². The quantitative estimate of drug-likeness (QED) is 0.712. The minimum Gasteiger partial charge on any atom is -0.336 e. The number of nitrogens with one attached hydrogen (secondary N) is 1. The lowest BCUT2D eigenvalue weighted by atomic mass is 9.96. The second kappa shape index (κ2) is 4.52. The molecule has 0 aromatic heterocycles. The van der Waals surface area contributed by atoms with Gasteiger partial charge in [0.15, 0.2) is 0 Å². The summed E-state index contributed by atoms with van der Waals surface area (Å²) in [5.74, 6) is 0.340. The average molecular weight is 210 g/mol. The van der Waals surface area contributed by atoms with Gasteiger partial charge >= 0.3 is 0 Å². The van der Waals surface area contributed by atoms with Crippen LogP contribution in [0.1, 0.15) is 46.0 Å². The van der Waals surface area contributed by atoms with Crippen LogP contribution in [0, 0.1) is 0 Å². The predicted molar refractivity (Wildman–Crippen MR) is 60.6 cm³/mol. The SMILES string of the molecule is CC1CCCC(C)N1C(=O)[C@H]1CCCN1. The van der Waals surface area contributed by atoms with Gasteiger partial charge in [0.2, 0.25) is 5.91 Å². The van der Waals surface area contributed by atoms with Crippen LogP contribution in [0.2, 0.25) is 0 Å². The van der Waals surface area contributed by atoms with Gasteiger partial charge in [0.1, 0.15) is 0 Å². The molecule has 2 fully saturated rings. The van der Waals surface area contributed by atoms with E-state index in [2.05, 4.69) is 24.1 Å². The molecular formula is C12H22N2O. The highest BCUT2D eigenvalue weighted by Gasteiger charge is 2.34. The van der Waals surface area contributed by atoms with Crippen LogP contribution in [0.5, 0.6) is 0 Å². The van der Waals surface area contributed by atoms with Gasteiger partial charge in [-0.15, -0.1) is 0 Å². The molecule has 1 amide bonds. The maximum absolute atomic E-state index is 12.3. The van der Waals surface area contributed by atoms with Crippen LogP contribution in [0.25, 0.3) is 0 Å². The van der Waals surface area contributed by atoms with Crippen LogP contribution < -0.4 is 5.32 Å². The number of nitrogens with zero attached hydrogens (tertiary/aromatic N) is 1. The van der Waals surface area contributed by atoms with Crippen molar-refractivity contribution in [1.29, 1.82) is 0 Å². The summed E-state index contributed by atoms with van der Waals surface area (Å²) >= 11 is 0. The third-order valence-electron chi connectivity index (χ3n) is 3.81. The molecule has 3 atom stereocenters. The van der Waals surface area contributed by atoms with Gasteiger partial charge in [0, 0.05) is 12.1 Å². The standard InChI is InChI=1S/C12H22N2O/c1-9-5-3-6-10(2)14(9)12(15)11-7-4-8-13-11/h9-11,13H,3-8H2,1-2H3/t9?,10?,11-/m1/s1.